The molecule has 1 atom stereocenters. The zero-order valence-electron chi connectivity index (χ0n) is 8.33. The maximum absolute atomic E-state index is 5.21. The lowest BCUT2D eigenvalue weighted by molar-refractivity contribution is 0.180. The Morgan fingerprint density at radius 3 is 2.92 bits per heavy atom. The maximum Gasteiger partial charge on any atom is 0.122 e. The van der Waals surface area contributed by atoms with E-state index in [-0.39, 0.29) is 0 Å². The highest BCUT2D eigenvalue weighted by molar-refractivity contribution is 7.71. The minimum Gasteiger partial charge on any atom is -0.378 e. The minimum atomic E-state index is 0.429. The number of ether oxygens (including phenoxy) is 1. The fourth-order valence-corrected chi connectivity index (χ4v) is 1.57. The second-order valence-corrected chi connectivity index (χ2v) is 3.60. The number of rotatable bonds is 4. The number of H-pyrrole nitrogens is 1. The van der Waals surface area contributed by atoms with Crippen molar-refractivity contribution in [3.63, 3.8) is 0 Å². The lowest BCUT2D eigenvalue weighted by atomic mass is 10.3. The monoisotopic (exact) mass is 200 g/mol. The molecule has 1 rings (SSSR count). The molecule has 1 heterocycles. The fourth-order valence-electron chi connectivity index (χ4n) is 1.20. The molecule has 0 aliphatic heterocycles. The number of hydrogen-bond donors (Lipinski definition) is 1. The van der Waals surface area contributed by atoms with Gasteiger partial charge in [-0.05, 0) is 19.4 Å². The molecule has 13 heavy (non-hydrogen) atoms. The average molecular weight is 200 g/mol. The molecule has 0 saturated carbocycles. The van der Waals surface area contributed by atoms with E-state index in [4.69, 9.17) is 17.0 Å². The lowest BCUT2D eigenvalue weighted by Gasteiger charge is -2.09. The van der Waals surface area contributed by atoms with Crippen molar-refractivity contribution < 1.29 is 4.74 Å². The van der Waals surface area contributed by atoms with Gasteiger partial charge in [-0.1, -0.05) is 19.1 Å². The van der Waals surface area contributed by atoms with Gasteiger partial charge >= 0.3 is 0 Å². The van der Waals surface area contributed by atoms with Crippen LogP contribution in [-0.4, -0.2) is 16.9 Å². The molecular weight excluding hydrogens is 184 g/mol. The van der Waals surface area contributed by atoms with E-state index in [2.05, 4.69) is 18.9 Å². The van der Waals surface area contributed by atoms with Crippen LogP contribution in [0.1, 0.15) is 32.0 Å². The van der Waals surface area contributed by atoms with Crippen molar-refractivity contribution in [2.24, 2.45) is 0 Å². The molecule has 0 fully saturated rings. The summed E-state index contributed by atoms with van der Waals surface area (Å²) >= 11 is 5.21. The van der Waals surface area contributed by atoms with Crippen molar-refractivity contribution in [2.45, 2.75) is 32.9 Å². The van der Waals surface area contributed by atoms with Gasteiger partial charge < -0.3 is 4.74 Å². The topological polar surface area (TPSA) is 29.9 Å². The number of nitrogens with zero attached hydrogens (tertiary/aromatic N) is 1. The van der Waals surface area contributed by atoms with Gasteiger partial charge in [-0.15, -0.1) is 0 Å². The van der Waals surface area contributed by atoms with E-state index >= 15 is 0 Å². The lowest BCUT2D eigenvalue weighted by Crippen LogP contribution is -2.06. The maximum atomic E-state index is 5.21. The molecule has 0 aliphatic rings. The molecule has 3 nitrogen and oxygen atoms in total. The first kappa shape index (κ1) is 10.5. The van der Waals surface area contributed by atoms with Crippen LogP contribution >= 0.6 is 12.2 Å². The summed E-state index contributed by atoms with van der Waals surface area (Å²) in [6, 6.07) is 2.38. The van der Waals surface area contributed by atoms with Crippen LogP contribution in [0.4, 0.5) is 0 Å². The number of hydrogen-bond acceptors (Lipinski definition) is 2. The molecule has 0 spiro atoms. The Bertz CT molecular complexity index is 316. The smallest absolute Gasteiger partial charge is 0.122 e. The highest BCUT2D eigenvalue weighted by atomic mass is 32.1. The molecule has 0 amide bonds. The average Bonchev–Trinajstić information content (AvgIpc) is 2.46. The van der Waals surface area contributed by atoms with E-state index in [9.17, 15) is 0 Å². The second kappa shape index (κ2) is 4.58. The predicted molar refractivity (Wildman–Crippen MR) is 55.3 cm³/mol. The van der Waals surface area contributed by atoms with Crippen LogP contribution < -0.4 is 0 Å². The molecule has 0 radical (unpaired) electrons. The number of aromatic amines is 1. The van der Waals surface area contributed by atoms with Crippen molar-refractivity contribution in [1.29, 1.82) is 0 Å². The van der Waals surface area contributed by atoms with Crippen LogP contribution in [0.5, 0.6) is 0 Å². The third-order valence-electron chi connectivity index (χ3n) is 2.13. The van der Waals surface area contributed by atoms with Crippen molar-refractivity contribution >= 4 is 12.2 Å². The van der Waals surface area contributed by atoms with Crippen molar-refractivity contribution in [3.05, 3.63) is 16.4 Å². The van der Waals surface area contributed by atoms with Gasteiger partial charge in [0.05, 0.1) is 12.3 Å². The van der Waals surface area contributed by atoms with Crippen LogP contribution in [-0.2, 0) is 11.3 Å². The van der Waals surface area contributed by atoms with E-state index < -0.39 is 0 Å². The molecule has 1 aromatic heterocycles. The predicted octanol–water partition coefficient (Wildman–Crippen LogP) is 2.66. The molecule has 1 aromatic rings. The Morgan fingerprint density at radius 1 is 1.69 bits per heavy atom. The summed E-state index contributed by atoms with van der Waals surface area (Å²) in [5.41, 5.74) is 1.04. The van der Waals surface area contributed by atoms with Gasteiger partial charge in [-0.25, -0.2) is 0 Å². The summed E-state index contributed by atoms with van der Waals surface area (Å²) in [5.74, 6) is 0. The van der Waals surface area contributed by atoms with E-state index in [0.717, 1.165) is 16.8 Å². The van der Waals surface area contributed by atoms with Crippen LogP contribution in [0.15, 0.2) is 6.07 Å². The van der Waals surface area contributed by atoms with Gasteiger partial charge in [0.15, 0.2) is 0 Å². The quantitative estimate of drug-likeness (QED) is 0.757. The third kappa shape index (κ3) is 2.42. The highest BCUT2D eigenvalue weighted by Gasteiger charge is 2.04. The zero-order chi connectivity index (χ0) is 9.84. The number of aromatic nitrogens is 2. The van der Waals surface area contributed by atoms with Crippen molar-refractivity contribution in [3.8, 4) is 0 Å². The van der Waals surface area contributed by atoms with Gasteiger partial charge in [0.1, 0.15) is 4.64 Å². The molecule has 0 aromatic carbocycles. The zero-order valence-corrected chi connectivity index (χ0v) is 9.15. The Morgan fingerprint density at radius 2 is 2.38 bits per heavy atom. The van der Waals surface area contributed by atoms with Crippen LogP contribution in [0.3, 0.4) is 0 Å². The van der Waals surface area contributed by atoms with Gasteiger partial charge in [0.2, 0.25) is 0 Å². The first-order valence-electron chi connectivity index (χ1n) is 4.48. The van der Waals surface area contributed by atoms with Gasteiger partial charge in [-0.3, -0.25) is 9.78 Å². The largest absolute Gasteiger partial charge is 0.378 e. The second-order valence-electron chi connectivity index (χ2n) is 3.18. The molecule has 4 heteroatoms. The number of nitrogens with one attached hydrogen (secondary N) is 1. The fraction of sp³-hybridized carbons (Fsp3) is 0.667. The first-order valence-corrected chi connectivity index (χ1v) is 4.89. The molecule has 1 N–H and O–H groups in total. The normalized spacial score (nSPS) is 13.2. The van der Waals surface area contributed by atoms with Gasteiger partial charge in [-0.2, -0.15) is 0 Å². The number of methoxy groups -OCH3 is 1. The summed E-state index contributed by atoms with van der Waals surface area (Å²) in [7, 11) is 1.68. The summed E-state index contributed by atoms with van der Waals surface area (Å²) in [6.07, 6.45) is 1.07. The van der Waals surface area contributed by atoms with Crippen LogP contribution in [0, 0.1) is 4.64 Å². The molecule has 0 saturated heterocycles. The summed E-state index contributed by atoms with van der Waals surface area (Å²) in [6.45, 7) is 4.87. The summed E-state index contributed by atoms with van der Waals surface area (Å²) in [5, 5.41) is 3.22. The third-order valence-corrected chi connectivity index (χ3v) is 2.45. The van der Waals surface area contributed by atoms with E-state index in [0.29, 0.717) is 12.6 Å². The summed E-state index contributed by atoms with van der Waals surface area (Å²) in [4.78, 5) is 0. The molecular formula is C9H16N2OS. The molecule has 0 bridgehead atoms. The van der Waals surface area contributed by atoms with E-state index in [1.54, 1.807) is 7.11 Å². The SMILES string of the molecule is CCC(C)n1[nH]c(COC)cc1=S. The Balaban J connectivity index is 2.89. The van der Waals surface area contributed by atoms with Gasteiger partial charge in [0, 0.05) is 13.2 Å². The van der Waals surface area contributed by atoms with E-state index in [1.165, 1.54) is 0 Å². The van der Waals surface area contributed by atoms with Crippen LogP contribution in [0.2, 0.25) is 0 Å². The minimum absolute atomic E-state index is 0.429. The Labute approximate surface area is 83.7 Å². The molecule has 1 unspecified atom stereocenters. The van der Waals surface area contributed by atoms with Crippen molar-refractivity contribution in [2.75, 3.05) is 7.11 Å². The Kier molecular flexibility index (Phi) is 3.69. The summed E-state index contributed by atoms with van der Waals surface area (Å²) < 4.78 is 7.87. The first-order chi connectivity index (χ1) is 6.19. The highest BCUT2D eigenvalue weighted by Crippen LogP contribution is 2.11. The van der Waals surface area contributed by atoms with Crippen molar-refractivity contribution in [1.82, 2.24) is 9.78 Å². The molecule has 0 aliphatic carbocycles. The Hall–Kier alpha value is -0.610. The van der Waals surface area contributed by atoms with E-state index in [1.807, 2.05) is 10.7 Å². The van der Waals surface area contributed by atoms with Crippen LogP contribution in [0.25, 0.3) is 0 Å². The standard InChI is InChI=1S/C9H16N2OS/c1-4-7(2)11-9(13)5-8(10-11)6-12-3/h5,7,10H,4,6H2,1-3H3. The molecule has 74 valence electrons. The van der Waals surface area contributed by atoms with Gasteiger partial charge in [0.25, 0.3) is 0 Å².